The summed E-state index contributed by atoms with van der Waals surface area (Å²) in [6, 6.07) is 0. The first kappa shape index (κ1) is 15.7. The summed E-state index contributed by atoms with van der Waals surface area (Å²) >= 11 is 0. The van der Waals surface area contributed by atoms with Crippen LogP contribution >= 0.6 is 0 Å². The van der Waals surface area contributed by atoms with E-state index in [9.17, 15) is 4.79 Å². The topological polar surface area (TPSA) is 89.0 Å². The molecule has 0 aromatic heterocycles. The molecule has 0 aromatic rings. The van der Waals surface area contributed by atoms with Gasteiger partial charge in [0.15, 0.2) is 0 Å². The third-order valence-electron chi connectivity index (χ3n) is 0.357. The molecule has 0 fully saturated rings. The molecule has 0 saturated heterocycles. The first-order chi connectivity index (χ1) is 2.64. The van der Waals surface area contributed by atoms with Crippen molar-refractivity contribution in [2.75, 3.05) is 0 Å². The fraction of sp³-hybridized carbons (Fsp3) is 0.667. The summed E-state index contributed by atoms with van der Waals surface area (Å²) < 4.78 is 0. The molecule has 0 spiro atoms. The molecule has 0 bridgehead atoms. The molecular formula is C3H8O4Ti. The van der Waals surface area contributed by atoms with Crippen molar-refractivity contribution < 1.29 is 42.2 Å². The Labute approximate surface area is 61.7 Å². The molecule has 0 saturated carbocycles. The molecule has 5 heteroatoms. The summed E-state index contributed by atoms with van der Waals surface area (Å²) in [7, 11) is 0. The fourth-order valence-corrected chi connectivity index (χ4v) is 0. The van der Waals surface area contributed by atoms with E-state index in [0.29, 0.717) is 0 Å². The first-order valence-corrected chi connectivity index (χ1v) is 1.55. The van der Waals surface area contributed by atoms with Crippen LogP contribution in [0.15, 0.2) is 0 Å². The average Bonchev–Trinajstić information content (AvgIpc) is 1.36. The maximum absolute atomic E-state index is 9.45. The Balaban J connectivity index is -0.000000125. The SMILES string of the molecule is CC(O)C(=O)O.O.[Ti]. The second kappa shape index (κ2) is 7.10. The van der Waals surface area contributed by atoms with Crippen LogP contribution in [0.1, 0.15) is 6.92 Å². The van der Waals surface area contributed by atoms with Gasteiger partial charge in [-0.1, -0.05) is 0 Å². The van der Waals surface area contributed by atoms with E-state index >= 15 is 0 Å². The van der Waals surface area contributed by atoms with E-state index in [-0.39, 0.29) is 27.2 Å². The monoisotopic (exact) mass is 156 g/mol. The number of aliphatic hydroxyl groups is 1. The molecule has 8 heavy (non-hydrogen) atoms. The fourth-order valence-electron chi connectivity index (χ4n) is 0. The Morgan fingerprint density at radius 2 is 1.75 bits per heavy atom. The number of aliphatic carboxylic acids is 1. The number of carboxylic acids is 1. The molecule has 0 heterocycles. The Hall–Kier alpha value is 0.104. The van der Waals surface area contributed by atoms with E-state index in [1.54, 1.807) is 0 Å². The van der Waals surface area contributed by atoms with Crippen molar-refractivity contribution in [2.45, 2.75) is 13.0 Å². The van der Waals surface area contributed by atoms with Crippen LogP contribution in [0.5, 0.6) is 0 Å². The van der Waals surface area contributed by atoms with E-state index in [4.69, 9.17) is 10.2 Å². The van der Waals surface area contributed by atoms with E-state index < -0.39 is 12.1 Å². The second-order valence-electron chi connectivity index (χ2n) is 1.01. The molecule has 0 amide bonds. The van der Waals surface area contributed by atoms with Crippen LogP contribution in [0.25, 0.3) is 0 Å². The maximum atomic E-state index is 9.45. The van der Waals surface area contributed by atoms with Gasteiger partial charge in [-0.3, -0.25) is 0 Å². The minimum atomic E-state index is -1.23. The second-order valence-corrected chi connectivity index (χ2v) is 1.01. The van der Waals surface area contributed by atoms with E-state index in [1.165, 1.54) is 6.92 Å². The molecule has 1 atom stereocenters. The average molecular weight is 156 g/mol. The number of aliphatic hydroxyl groups excluding tert-OH is 1. The number of hydrogen-bond donors (Lipinski definition) is 2. The van der Waals surface area contributed by atoms with Gasteiger partial charge in [-0.25, -0.2) is 4.79 Å². The van der Waals surface area contributed by atoms with Gasteiger partial charge in [0.25, 0.3) is 0 Å². The van der Waals surface area contributed by atoms with Crippen LogP contribution in [0.4, 0.5) is 0 Å². The number of rotatable bonds is 1. The van der Waals surface area contributed by atoms with Crippen molar-refractivity contribution in [2.24, 2.45) is 0 Å². The molecule has 1 unspecified atom stereocenters. The van der Waals surface area contributed by atoms with Gasteiger partial charge in [0.05, 0.1) is 0 Å². The largest absolute Gasteiger partial charge is 0.479 e. The van der Waals surface area contributed by atoms with Crippen molar-refractivity contribution >= 4 is 5.97 Å². The number of carboxylic acid groups (broad SMARTS) is 1. The predicted molar refractivity (Wildman–Crippen MR) is 22.9 cm³/mol. The van der Waals surface area contributed by atoms with Crippen molar-refractivity contribution in [3.63, 3.8) is 0 Å². The summed E-state index contributed by atoms with van der Waals surface area (Å²) in [5.41, 5.74) is 0. The van der Waals surface area contributed by atoms with Crippen LogP contribution in [0.2, 0.25) is 0 Å². The number of hydrogen-bond acceptors (Lipinski definition) is 2. The van der Waals surface area contributed by atoms with E-state index in [0.717, 1.165) is 0 Å². The molecule has 4 nitrogen and oxygen atoms in total. The van der Waals surface area contributed by atoms with Crippen LogP contribution in [-0.4, -0.2) is 27.8 Å². The van der Waals surface area contributed by atoms with Gasteiger partial charge < -0.3 is 15.7 Å². The third kappa shape index (κ3) is 9.44. The van der Waals surface area contributed by atoms with Crippen LogP contribution in [-0.2, 0) is 26.5 Å². The minimum absolute atomic E-state index is 0. The van der Waals surface area contributed by atoms with Gasteiger partial charge in [0.1, 0.15) is 6.10 Å². The summed E-state index contributed by atoms with van der Waals surface area (Å²) in [5.74, 6) is -1.19. The zero-order chi connectivity index (χ0) is 5.15. The van der Waals surface area contributed by atoms with Gasteiger partial charge in [0, 0.05) is 21.7 Å². The van der Waals surface area contributed by atoms with Gasteiger partial charge >= 0.3 is 5.97 Å². The predicted octanol–water partition coefficient (Wildman–Crippen LogP) is -1.38. The van der Waals surface area contributed by atoms with Crippen LogP contribution in [0, 0.1) is 0 Å². The zero-order valence-corrected chi connectivity index (χ0v) is 5.94. The smallest absolute Gasteiger partial charge is 0.332 e. The normalized spacial score (nSPS) is 10.2. The summed E-state index contributed by atoms with van der Waals surface area (Å²) in [5, 5.41) is 15.8. The summed E-state index contributed by atoms with van der Waals surface area (Å²) in [6.45, 7) is 1.20. The standard InChI is InChI=1S/C3H6O3.H2O.Ti/c1-2(4)3(5)6;;/h2,4H,1H3,(H,5,6);1H2;. The van der Waals surface area contributed by atoms with Crippen LogP contribution < -0.4 is 0 Å². The van der Waals surface area contributed by atoms with Crippen molar-refractivity contribution in [1.82, 2.24) is 0 Å². The van der Waals surface area contributed by atoms with Gasteiger partial charge in [0.2, 0.25) is 0 Å². The summed E-state index contributed by atoms with van der Waals surface area (Å²) in [6.07, 6.45) is -1.23. The van der Waals surface area contributed by atoms with Gasteiger partial charge in [-0.05, 0) is 6.92 Å². The molecule has 0 aliphatic heterocycles. The molecule has 0 rings (SSSR count). The van der Waals surface area contributed by atoms with E-state index in [1.807, 2.05) is 0 Å². The Morgan fingerprint density at radius 3 is 1.75 bits per heavy atom. The molecular weight excluding hydrogens is 148 g/mol. The van der Waals surface area contributed by atoms with Crippen LogP contribution in [0.3, 0.4) is 0 Å². The van der Waals surface area contributed by atoms with Crippen molar-refractivity contribution in [3.8, 4) is 0 Å². The Bertz CT molecular complexity index is 62.3. The first-order valence-electron chi connectivity index (χ1n) is 1.55. The van der Waals surface area contributed by atoms with Gasteiger partial charge in [-0.2, -0.15) is 0 Å². The molecule has 4 N–H and O–H groups in total. The molecule has 0 aliphatic rings. The molecule has 48 valence electrons. The maximum Gasteiger partial charge on any atom is 0.332 e. The molecule has 0 aliphatic carbocycles. The van der Waals surface area contributed by atoms with E-state index in [2.05, 4.69) is 0 Å². The minimum Gasteiger partial charge on any atom is -0.479 e. The van der Waals surface area contributed by atoms with Gasteiger partial charge in [-0.15, -0.1) is 0 Å². The Kier molecular flexibility index (Phi) is 13.9. The number of carbonyl (C=O) groups is 1. The third-order valence-corrected chi connectivity index (χ3v) is 0.357. The van der Waals surface area contributed by atoms with Crippen molar-refractivity contribution in [3.05, 3.63) is 0 Å². The zero-order valence-electron chi connectivity index (χ0n) is 4.38. The Morgan fingerprint density at radius 1 is 1.62 bits per heavy atom. The molecule has 0 radical (unpaired) electrons. The van der Waals surface area contributed by atoms with Crippen molar-refractivity contribution in [1.29, 1.82) is 0 Å². The quantitative estimate of drug-likeness (QED) is 0.458. The summed E-state index contributed by atoms with van der Waals surface area (Å²) in [4.78, 5) is 9.45. The molecule has 0 aromatic carbocycles.